The van der Waals surface area contributed by atoms with Gasteiger partial charge in [-0.15, -0.1) is 5.10 Å². The van der Waals surface area contributed by atoms with E-state index in [4.69, 9.17) is 0 Å². The first-order valence-electron chi connectivity index (χ1n) is 6.51. The Balaban J connectivity index is 1.71. The quantitative estimate of drug-likeness (QED) is 0.770. The van der Waals surface area contributed by atoms with Crippen LogP contribution in [0.3, 0.4) is 0 Å². The lowest BCUT2D eigenvalue weighted by atomic mass is 9.92. The lowest BCUT2D eigenvalue weighted by Gasteiger charge is -2.13. The summed E-state index contributed by atoms with van der Waals surface area (Å²) in [6.45, 7) is 0.802. The van der Waals surface area contributed by atoms with E-state index in [1.807, 2.05) is 10.7 Å². The van der Waals surface area contributed by atoms with Crippen molar-refractivity contribution in [1.29, 1.82) is 0 Å². The van der Waals surface area contributed by atoms with Gasteiger partial charge >= 0.3 is 0 Å². The Morgan fingerprint density at radius 1 is 1.17 bits per heavy atom. The van der Waals surface area contributed by atoms with Gasteiger partial charge in [0.15, 0.2) is 0 Å². The predicted octanol–water partition coefficient (Wildman–Crippen LogP) is 3.15. The third-order valence-corrected chi connectivity index (χ3v) is 3.43. The van der Waals surface area contributed by atoms with Crippen LogP contribution >= 0.6 is 0 Å². The van der Waals surface area contributed by atoms with E-state index in [-0.39, 0.29) is 0 Å². The van der Waals surface area contributed by atoms with Gasteiger partial charge in [0.05, 0.1) is 12.2 Å². The van der Waals surface area contributed by atoms with Crippen molar-refractivity contribution in [2.24, 2.45) is 0 Å². The van der Waals surface area contributed by atoms with Crippen molar-refractivity contribution in [1.82, 2.24) is 15.0 Å². The molecule has 92 valence electrons. The molecule has 1 aliphatic rings. The van der Waals surface area contributed by atoms with Crippen molar-refractivity contribution in [3.05, 3.63) is 59.9 Å². The number of rotatable bonds is 3. The molecule has 1 aliphatic carbocycles. The van der Waals surface area contributed by atoms with Gasteiger partial charge in [-0.05, 0) is 24.8 Å². The Morgan fingerprint density at radius 3 is 2.83 bits per heavy atom. The minimum absolute atomic E-state index is 0.555. The fourth-order valence-electron chi connectivity index (χ4n) is 2.41. The summed E-state index contributed by atoms with van der Waals surface area (Å²) >= 11 is 0. The topological polar surface area (TPSA) is 30.7 Å². The number of aromatic nitrogens is 3. The van der Waals surface area contributed by atoms with Crippen LogP contribution in [0.5, 0.6) is 0 Å². The van der Waals surface area contributed by atoms with Gasteiger partial charge in [-0.25, -0.2) is 4.68 Å². The highest BCUT2D eigenvalue weighted by atomic mass is 15.4. The van der Waals surface area contributed by atoms with Crippen LogP contribution in [0, 0.1) is 0 Å². The van der Waals surface area contributed by atoms with E-state index in [2.05, 4.69) is 52.9 Å². The van der Waals surface area contributed by atoms with Crippen LogP contribution in [0.1, 0.15) is 36.4 Å². The van der Waals surface area contributed by atoms with Crippen molar-refractivity contribution >= 4 is 0 Å². The van der Waals surface area contributed by atoms with Gasteiger partial charge in [-0.1, -0.05) is 47.7 Å². The normalized spacial score (nSPS) is 19.0. The Morgan fingerprint density at radius 2 is 2.06 bits per heavy atom. The maximum Gasteiger partial charge on any atom is 0.0861 e. The standard InChI is InChI=1S/C15H17N3/c1-3-7-13(8-4-1)11-18-12-15(16-17-18)14-9-5-2-6-10-14/h1-5,7-8,12,14H,6,9-11H2. The molecule has 1 unspecified atom stereocenters. The highest BCUT2D eigenvalue weighted by molar-refractivity contribution is 5.15. The van der Waals surface area contributed by atoms with E-state index in [1.54, 1.807) is 0 Å². The van der Waals surface area contributed by atoms with Gasteiger partial charge in [0.1, 0.15) is 0 Å². The molecule has 0 saturated carbocycles. The second kappa shape index (κ2) is 5.17. The molecule has 0 spiro atoms. The molecule has 1 aromatic heterocycles. The van der Waals surface area contributed by atoms with Crippen LogP contribution in [-0.2, 0) is 6.54 Å². The summed E-state index contributed by atoms with van der Waals surface area (Å²) in [5.74, 6) is 0.555. The van der Waals surface area contributed by atoms with Crippen LogP contribution in [0.4, 0.5) is 0 Å². The summed E-state index contributed by atoms with van der Waals surface area (Å²) in [7, 11) is 0. The van der Waals surface area contributed by atoms with Crippen LogP contribution < -0.4 is 0 Å². The zero-order chi connectivity index (χ0) is 12.2. The van der Waals surface area contributed by atoms with E-state index in [0.717, 1.165) is 25.1 Å². The van der Waals surface area contributed by atoms with Gasteiger partial charge in [0.2, 0.25) is 0 Å². The first-order chi connectivity index (χ1) is 8.92. The Bertz CT molecular complexity index is 528. The number of nitrogens with zero attached hydrogens (tertiary/aromatic N) is 3. The zero-order valence-electron chi connectivity index (χ0n) is 10.4. The van der Waals surface area contributed by atoms with E-state index < -0.39 is 0 Å². The third kappa shape index (κ3) is 2.50. The van der Waals surface area contributed by atoms with Crippen molar-refractivity contribution in [2.45, 2.75) is 31.7 Å². The number of allylic oxidation sites excluding steroid dienone is 2. The number of hydrogen-bond acceptors (Lipinski definition) is 2. The number of hydrogen-bond donors (Lipinski definition) is 0. The number of benzene rings is 1. The summed E-state index contributed by atoms with van der Waals surface area (Å²) < 4.78 is 1.93. The summed E-state index contributed by atoms with van der Waals surface area (Å²) in [6, 6.07) is 10.4. The highest BCUT2D eigenvalue weighted by Crippen LogP contribution is 2.27. The summed E-state index contributed by atoms with van der Waals surface area (Å²) in [6.07, 6.45) is 10.1. The Kier molecular flexibility index (Phi) is 3.22. The van der Waals surface area contributed by atoms with Gasteiger partial charge in [0.25, 0.3) is 0 Å². The average molecular weight is 239 g/mol. The SMILES string of the molecule is C1=CCC(c2cn(Cc3ccccc3)nn2)CC1. The molecule has 0 N–H and O–H groups in total. The molecule has 1 aromatic carbocycles. The monoisotopic (exact) mass is 239 g/mol. The van der Waals surface area contributed by atoms with Gasteiger partial charge < -0.3 is 0 Å². The van der Waals surface area contributed by atoms with Crippen molar-refractivity contribution in [3.8, 4) is 0 Å². The fraction of sp³-hybridized carbons (Fsp3) is 0.333. The molecule has 0 radical (unpaired) electrons. The molecule has 2 aromatic rings. The minimum atomic E-state index is 0.555. The molecule has 0 aliphatic heterocycles. The lowest BCUT2D eigenvalue weighted by molar-refractivity contribution is 0.598. The first-order valence-corrected chi connectivity index (χ1v) is 6.51. The van der Waals surface area contributed by atoms with Crippen molar-refractivity contribution in [3.63, 3.8) is 0 Å². The van der Waals surface area contributed by atoms with E-state index >= 15 is 0 Å². The molecule has 3 nitrogen and oxygen atoms in total. The van der Waals surface area contributed by atoms with Gasteiger partial charge in [0, 0.05) is 12.1 Å². The van der Waals surface area contributed by atoms with Crippen LogP contribution in [-0.4, -0.2) is 15.0 Å². The van der Waals surface area contributed by atoms with Crippen LogP contribution in [0.25, 0.3) is 0 Å². The Hall–Kier alpha value is -1.90. The predicted molar refractivity (Wildman–Crippen MR) is 71.3 cm³/mol. The first kappa shape index (κ1) is 11.2. The minimum Gasteiger partial charge on any atom is -0.248 e. The molecule has 0 amide bonds. The molecular weight excluding hydrogens is 222 g/mol. The smallest absolute Gasteiger partial charge is 0.0861 e. The molecule has 3 heteroatoms. The van der Waals surface area contributed by atoms with E-state index in [0.29, 0.717) is 5.92 Å². The molecule has 0 saturated heterocycles. The summed E-state index contributed by atoms with van der Waals surface area (Å²) in [5.41, 5.74) is 2.40. The molecule has 1 heterocycles. The molecular formula is C15H17N3. The molecule has 1 atom stereocenters. The molecule has 3 rings (SSSR count). The summed E-state index contributed by atoms with van der Waals surface area (Å²) in [5, 5.41) is 8.54. The maximum absolute atomic E-state index is 4.32. The summed E-state index contributed by atoms with van der Waals surface area (Å²) in [4.78, 5) is 0. The molecule has 0 bridgehead atoms. The second-order valence-corrected chi connectivity index (χ2v) is 4.81. The molecule has 0 fully saturated rings. The fourth-order valence-corrected chi connectivity index (χ4v) is 2.41. The van der Waals surface area contributed by atoms with E-state index in [9.17, 15) is 0 Å². The third-order valence-electron chi connectivity index (χ3n) is 3.43. The maximum atomic E-state index is 4.32. The molecule has 18 heavy (non-hydrogen) atoms. The largest absolute Gasteiger partial charge is 0.248 e. The second-order valence-electron chi connectivity index (χ2n) is 4.81. The van der Waals surface area contributed by atoms with Gasteiger partial charge in [-0.3, -0.25) is 0 Å². The van der Waals surface area contributed by atoms with Crippen molar-refractivity contribution < 1.29 is 0 Å². The zero-order valence-corrected chi connectivity index (χ0v) is 10.4. The highest BCUT2D eigenvalue weighted by Gasteiger charge is 2.15. The van der Waals surface area contributed by atoms with Crippen molar-refractivity contribution in [2.75, 3.05) is 0 Å². The average Bonchev–Trinajstić information content (AvgIpc) is 2.89. The van der Waals surface area contributed by atoms with E-state index in [1.165, 1.54) is 12.0 Å². The lowest BCUT2D eigenvalue weighted by Crippen LogP contribution is -2.01. The van der Waals surface area contributed by atoms with Crippen LogP contribution in [0.2, 0.25) is 0 Å². The van der Waals surface area contributed by atoms with Gasteiger partial charge in [-0.2, -0.15) is 0 Å². The Labute approximate surface area is 107 Å². The van der Waals surface area contributed by atoms with Crippen LogP contribution in [0.15, 0.2) is 48.7 Å².